The Hall–Kier alpha value is -5.51. The van der Waals surface area contributed by atoms with Crippen molar-refractivity contribution in [2.45, 2.75) is 58.5 Å². The van der Waals surface area contributed by atoms with Crippen LogP contribution in [0.1, 0.15) is 61.5 Å². The van der Waals surface area contributed by atoms with Crippen molar-refractivity contribution < 1.29 is 23.9 Å². The molecule has 1 aliphatic rings. The van der Waals surface area contributed by atoms with Gasteiger partial charge in [-0.1, -0.05) is 61.9 Å². The predicted molar refractivity (Wildman–Crippen MR) is 177 cm³/mol. The maximum absolute atomic E-state index is 13.5. The first-order chi connectivity index (χ1) is 23.7. The summed E-state index contributed by atoms with van der Waals surface area (Å²) in [5, 5.41) is 23.3. The van der Waals surface area contributed by atoms with E-state index in [1.54, 1.807) is 9.91 Å². The molecule has 258 valence electrons. The number of methoxy groups -OCH3 is 1. The molecule has 0 saturated carbocycles. The first kappa shape index (κ1) is 34.8. The van der Waals surface area contributed by atoms with Crippen LogP contribution in [0.3, 0.4) is 0 Å². The summed E-state index contributed by atoms with van der Waals surface area (Å²) in [6.07, 6.45) is 2.71. The highest BCUT2D eigenvalue weighted by Crippen LogP contribution is 2.30. The topological polar surface area (TPSA) is 193 Å². The number of hydrogen-bond acceptors (Lipinski definition) is 11. The molecule has 0 bridgehead atoms. The smallest absolute Gasteiger partial charge is 0.328 e. The number of carbonyl (C=O) groups is 4. The van der Waals surface area contributed by atoms with E-state index in [1.165, 1.54) is 14.0 Å². The molecule has 0 radical (unpaired) electrons. The van der Waals surface area contributed by atoms with E-state index in [-0.39, 0.29) is 36.4 Å². The number of hydrazine groups is 1. The molecular weight excluding hydrogens is 630 g/mol. The minimum atomic E-state index is -0.900. The number of unbranched alkanes of at least 4 members (excludes halogenated alkanes) is 1. The number of esters is 1. The summed E-state index contributed by atoms with van der Waals surface area (Å²) >= 11 is 0. The number of benzene rings is 2. The zero-order valence-electron chi connectivity index (χ0n) is 27.9. The minimum Gasteiger partial charge on any atom is -0.467 e. The Balaban J connectivity index is 1.18. The first-order valence-corrected chi connectivity index (χ1v) is 16.3. The van der Waals surface area contributed by atoms with E-state index in [2.05, 4.69) is 48.4 Å². The number of carbonyl (C=O) groups excluding carboxylic acids is 4. The average molecular weight is 672 g/mol. The van der Waals surface area contributed by atoms with Gasteiger partial charge in [-0.2, -0.15) is 5.21 Å². The minimum absolute atomic E-state index is 0.0113. The van der Waals surface area contributed by atoms with E-state index >= 15 is 0 Å². The molecular formula is C33H41N11O5. The third-order valence-electron chi connectivity index (χ3n) is 8.18. The van der Waals surface area contributed by atoms with Crippen molar-refractivity contribution in [3.8, 4) is 22.5 Å². The fourth-order valence-electron chi connectivity index (χ4n) is 5.59. The fraction of sp³-hybridized carbons (Fsp3) is 0.424. The Morgan fingerprint density at radius 1 is 1.00 bits per heavy atom. The van der Waals surface area contributed by atoms with E-state index in [9.17, 15) is 19.2 Å². The van der Waals surface area contributed by atoms with Crippen molar-refractivity contribution in [1.29, 1.82) is 0 Å². The monoisotopic (exact) mass is 671 g/mol. The largest absolute Gasteiger partial charge is 0.467 e. The molecule has 3 heterocycles. The van der Waals surface area contributed by atoms with Crippen LogP contribution in [0.4, 0.5) is 0 Å². The number of aromatic nitrogens is 7. The molecule has 1 unspecified atom stereocenters. The molecule has 4 aromatic rings. The molecule has 49 heavy (non-hydrogen) atoms. The standard InChI is InChI=1S/C33H41N11O5/c1-4-5-10-28-35-31(32(47)42-17-19-43(20-18-42)38-29(46)16-15-27(33(48)49-3)34-22(2)45)39-44(28)21-23-11-13-24(14-12-23)25-8-6-7-9-26(25)30-36-40-41-37-30/h6-9,11-14,27H,4-5,10,15-21H2,1-3H3,(H,34,45)(H,38,46)(H,36,37,40,41). The molecule has 0 aliphatic carbocycles. The second-order valence-electron chi connectivity index (χ2n) is 11.7. The van der Waals surface area contributed by atoms with Crippen LogP contribution in [0.25, 0.3) is 22.5 Å². The van der Waals surface area contributed by atoms with E-state index in [0.717, 1.165) is 40.9 Å². The molecule has 0 spiro atoms. The highest BCUT2D eigenvalue weighted by atomic mass is 16.5. The Morgan fingerprint density at radius 3 is 2.39 bits per heavy atom. The maximum Gasteiger partial charge on any atom is 0.328 e. The normalized spacial score (nSPS) is 13.9. The molecule has 3 N–H and O–H groups in total. The lowest BCUT2D eigenvalue weighted by Gasteiger charge is -2.34. The molecule has 3 amide bonds. The molecule has 2 aromatic heterocycles. The number of tetrazole rings is 1. The number of aromatic amines is 1. The van der Waals surface area contributed by atoms with Gasteiger partial charge in [0.15, 0.2) is 0 Å². The number of rotatable bonds is 14. The summed E-state index contributed by atoms with van der Waals surface area (Å²) in [7, 11) is 1.23. The number of H-pyrrole nitrogens is 1. The molecule has 2 aromatic carbocycles. The highest BCUT2D eigenvalue weighted by molar-refractivity contribution is 5.90. The van der Waals surface area contributed by atoms with Crippen LogP contribution in [0.2, 0.25) is 0 Å². The molecule has 16 heteroatoms. The number of hydrogen-bond donors (Lipinski definition) is 3. The van der Waals surface area contributed by atoms with Crippen LogP contribution in [-0.4, -0.2) is 108 Å². The van der Waals surface area contributed by atoms with E-state index in [0.29, 0.717) is 45.0 Å². The number of aryl methyl sites for hydroxylation is 1. The van der Waals surface area contributed by atoms with Crippen LogP contribution >= 0.6 is 0 Å². The Morgan fingerprint density at radius 2 is 1.73 bits per heavy atom. The maximum atomic E-state index is 13.5. The van der Waals surface area contributed by atoms with Gasteiger partial charge in [0.05, 0.1) is 13.7 Å². The average Bonchev–Trinajstić information content (AvgIpc) is 3.80. The highest BCUT2D eigenvalue weighted by Gasteiger charge is 2.27. The fourth-order valence-corrected chi connectivity index (χ4v) is 5.59. The van der Waals surface area contributed by atoms with Gasteiger partial charge in [-0.25, -0.2) is 19.5 Å². The first-order valence-electron chi connectivity index (χ1n) is 16.3. The number of nitrogens with one attached hydrogen (secondary N) is 3. The number of amides is 3. The van der Waals surface area contributed by atoms with Crippen LogP contribution < -0.4 is 10.7 Å². The van der Waals surface area contributed by atoms with Gasteiger partial charge in [-0.3, -0.25) is 19.8 Å². The lowest BCUT2D eigenvalue weighted by Crippen LogP contribution is -2.55. The van der Waals surface area contributed by atoms with E-state index in [1.807, 2.05) is 53.2 Å². The number of piperazine rings is 1. The molecule has 1 saturated heterocycles. The van der Waals surface area contributed by atoms with Crippen LogP contribution in [0.5, 0.6) is 0 Å². The van der Waals surface area contributed by atoms with Gasteiger partial charge in [-0.05, 0) is 34.7 Å². The van der Waals surface area contributed by atoms with Crippen molar-refractivity contribution in [3.63, 3.8) is 0 Å². The Bertz CT molecular complexity index is 1730. The second kappa shape index (κ2) is 16.5. The quantitative estimate of drug-likeness (QED) is 0.165. The summed E-state index contributed by atoms with van der Waals surface area (Å²) in [6.45, 7) is 5.44. The van der Waals surface area contributed by atoms with Crippen molar-refractivity contribution in [2.24, 2.45) is 0 Å². The van der Waals surface area contributed by atoms with Crippen molar-refractivity contribution in [2.75, 3.05) is 33.3 Å². The van der Waals surface area contributed by atoms with Gasteiger partial charge in [-0.15, -0.1) is 15.3 Å². The summed E-state index contributed by atoms with van der Waals surface area (Å²) < 4.78 is 6.52. The molecule has 1 fully saturated rings. The Labute approximate surface area is 283 Å². The SMILES string of the molecule is CCCCc1nc(C(=O)N2CCN(NC(=O)CCC(NC(C)=O)C(=O)OC)CC2)nn1Cc1ccc(-c2ccccc2-c2nn[nH]n2)cc1. The van der Waals surface area contributed by atoms with Crippen molar-refractivity contribution in [3.05, 3.63) is 65.7 Å². The number of nitrogens with zero attached hydrogens (tertiary/aromatic N) is 8. The van der Waals surface area contributed by atoms with Crippen molar-refractivity contribution >= 4 is 23.7 Å². The second-order valence-corrected chi connectivity index (χ2v) is 11.7. The third-order valence-corrected chi connectivity index (χ3v) is 8.18. The van der Waals surface area contributed by atoms with Gasteiger partial charge in [0, 0.05) is 51.5 Å². The van der Waals surface area contributed by atoms with Gasteiger partial charge in [0.25, 0.3) is 5.91 Å². The van der Waals surface area contributed by atoms with Gasteiger partial charge in [0.2, 0.25) is 23.5 Å². The van der Waals surface area contributed by atoms with E-state index in [4.69, 9.17) is 4.74 Å². The molecule has 1 atom stereocenters. The zero-order valence-corrected chi connectivity index (χ0v) is 27.9. The summed E-state index contributed by atoms with van der Waals surface area (Å²) in [5.41, 5.74) is 6.71. The van der Waals surface area contributed by atoms with Gasteiger partial charge in [0.1, 0.15) is 11.9 Å². The Kier molecular flexibility index (Phi) is 11.8. The van der Waals surface area contributed by atoms with Crippen LogP contribution in [0, 0.1) is 0 Å². The van der Waals surface area contributed by atoms with Crippen LogP contribution in [-0.2, 0) is 32.1 Å². The molecule has 5 rings (SSSR count). The zero-order chi connectivity index (χ0) is 34.8. The van der Waals surface area contributed by atoms with Gasteiger partial charge >= 0.3 is 5.97 Å². The third kappa shape index (κ3) is 9.10. The lowest BCUT2D eigenvalue weighted by atomic mass is 9.98. The van der Waals surface area contributed by atoms with Gasteiger partial charge < -0.3 is 15.0 Å². The van der Waals surface area contributed by atoms with Crippen LogP contribution in [0.15, 0.2) is 48.5 Å². The lowest BCUT2D eigenvalue weighted by molar-refractivity contribution is -0.145. The summed E-state index contributed by atoms with van der Waals surface area (Å²) in [6, 6.07) is 15.1. The van der Waals surface area contributed by atoms with E-state index < -0.39 is 12.0 Å². The number of ether oxygens (including phenoxy) is 1. The molecule has 1 aliphatic heterocycles. The predicted octanol–water partition coefficient (Wildman–Crippen LogP) is 1.76. The summed E-state index contributed by atoms with van der Waals surface area (Å²) in [4.78, 5) is 55.7. The summed E-state index contributed by atoms with van der Waals surface area (Å²) in [5.74, 6) is -0.120. The molecule has 16 nitrogen and oxygen atoms in total. The van der Waals surface area contributed by atoms with Crippen molar-refractivity contribution in [1.82, 2.24) is 56.0 Å².